The summed E-state index contributed by atoms with van der Waals surface area (Å²) in [4.78, 5) is 14.8. The largest absolute Gasteiger partial charge is 0.393 e. The Labute approximate surface area is 119 Å². The lowest BCUT2D eigenvalue weighted by atomic mass is 9.93. The highest BCUT2D eigenvalue weighted by Crippen LogP contribution is 2.21. The summed E-state index contributed by atoms with van der Waals surface area (Å²) in [7, 11) is 0. The topological polar surface area (TPSA) is 100 Å². The number of nitrogen functional groups attached to an aromatic ring is 1. The molecule has 1 aromatic heterocycles. The molecule has 4 N–H and O–H groups in total. The fourth-order valence-corrected chi connectivity index (χ4v) is 2.50. The van der Waals surface area contributed by atoms with Crippen LogP contribution in [0.1, 0.15) is 39.5 Å². The quantitative estimate of drug-likeness (QED) is 0.740. The third-order valence-corrected chi connectivity index (χ3v) is 3.72. The molecule has 1 saturated carbocycles. The highest BCUT2D eigenvalue weighted by atomic mass is 16.3. The maximum atomic E-state index is 9.52. The van der Waals surface area contributed by atoms with Crippen molar-refractivity contribution in [1.29, 1.82) is 0 Å². The molecule has 1 aliphatic rings. The molecular formula is C13H24N6O. The number of hydrogen-bond donors (Lipinski definition) is 3. The highest BCUT2D eigenvalue weighted by Gasteiger charge is 2.20. The van der Waals surface area contributed by atoms with E-state index in [-0.39, 0.29) is 12.1 Å². The molecule has 112 valence electrons. The molecule has 0 aromatic carbocycles. The molecule has 2 rings (SSSR count). The molecule has 7 heteroatoms. The first-order valence-electron chi connectivity index (χ1n) is 7.33. The average molecular weight is 280 g/mol. The second-order valence-electron chi connectivity index (χ2n) is 5.14. The van der Waals surface area contributed by atoms with Gasteiger partial charge in [-0.25, -0.2) is 0 Å². The van der Waals surface area contributed by atoms with E-state index in [0.717, 1.165) is 38.8 Å². The van der Waals surface area contributed by atoms with Crippen molar-refractivity contribution in [1.82, 2.24) is 15.0 Å². The van der Waals surface area contributed by atoms with E-state index in [1.54, 1.807) is 0 Å². The first kappa shape index (κ1) is 14.8. The van der Waals surface area contributed by atoms with E-state index in [1.165, 1.54) is 0 Å². The lowest BCUT2D eigenvalue weighted by molar-refractivity contribution is 0.126. The van der Waals surface area contributed by atoms with E-state index in [4.69, 9.17) is 5.73 Å². The minimum atomic E-state index is -0.164. The van der Waals surface area contributed by atoms with Gasteiger partial charge in [0.1, 0.15) is 0 Å². The second kappa shape index (κ2) is 6.69. The molecule has 0 aliphatic heterocycles. The van der Waals surface area contributed by atoms with Crippen LogP contribution in [0.2, 0.25) is 0 Å². The summed E-state index contributed by atoms with van der Waals surface area (Å²) in [5, 5.41) is 12.8. The van der Waals surface area contributed by atoms with Gasteiger partial charge in [0.05, 0.1) is 6.10 Å². The number of hydrogen-bond acceptors (Lipinski definition) is 7. The summed E-state index contributed by atoms with van der Waals surface area (Å²) in [5.41, 5.74) is 5.76. The Hall–Kier alpha value is -1.63. The first-order valence-corrected chi connectivity index (χ1v) is 7.33. The molecule has 0 spiro atoms. The molecule has 20 heavy (non-hydrogen) atoms. The Morgan fingerprint density at radius 1 is 1.15 bits per heavy atom. The van der Waals surface area contributed by atoms with Crippen molar-refractivity contribution in [3.05, 3.63) is 0 Å². The van der Waals surface area contributed by atoms with Gasteiger partial charge in [0.2, 0.25) is 17.8 Å². The second-order valence-corrected chi connectivity index (χ2v) is 5.14. The molecular weight excluding hydrogens is 256 g/mol. The van der Waals surface area contributed by atoms with Crippen LogP contribution in [0.4, 0.5) is 17.8 Å². The third-order valence-electron chi connectivity index (χ3n) is 3.72. The summed E-state index contributed by atoms with van der Waals surface area (Å²) in [6, 6.07) is 0.296. The van der Waals surface area contributed by atoms with Crippen LogP contribution >= 0.6 is 0 Å². The van der Waals surface area contributed by atoms with Gasteiger partial charge in [-0.15, -0.1) is 0 Å². The predicted molar refractivity (Wildman–Crippen MR) is 79.7 cm³/mol. The molecule has 1 fully saturated rings. The fraction of sp³-hybridized carbons (Fsp3) is 0.769. The number of aliphatic hydroxyl groups is 1. The van der Waals surface area contributed by atoms with Gasteiger partial charge in [0, 0.05) is 19.1 Å². The molecule has 1 heterocycles. The van der Waals surface area contributed by atoms with E-state index < -0.39 is 0 Å². The van der Waals surface area contributed by atoms with Gasteiger partial charge < -0.3 is 21.1 Å². The van der Waals surface area contributed by atoms with Crippen LogP contribution in [-0.4, -0.2) is 45.3 Å². The molecule has 0 atom stereocenters. The first-order chi connectivity index (χ1) is 9.62. The van der Waals surface area contributed by atoms with Gasteiger partial charge in [0.15, 0.2) is 0 Å². The number of nitrogens with two attached hydrogens (primary N) is 1. The van der Waals surface area contributed by atoms with Crippen LogP contribution in [0.3, 0.4) is 0 Å². The summed E-state index contributed by atoms with van der Waals surface area (Å²) < 4.78 is 0. The SMILES string of the molecule is CCN(CC)c1nc(N)nc(NC2CCC(O)CC2)n1. The van der Waals surface area contributed by atoms with Crippen LogP contribution in [0.15, 0.2) is 0 Å². The maximum absolute atomic E-state index is 9.52. The van der Waals surface area contributed by atoms with E-state index in [2.05, 4.69) is 34.1 Å². The van der Waals surface area contributed by atoms with Crippen molar-refractivity contribution in [2.24, 2.45) is 0 Å². The Bertz CT molecular complexity index is 429. The molecule has 0 amide bonds. The van der Waals surface area contributed by atoms with Crippen molar-refractivity contribution in [2.75, 3.05) is 29.0 Å². The van der Waals surface area contributed by atoms with Crippen LogP contribution in [0.25, 0.3) is 0 Å². The van der Waals surface area contributed by atoms with E-state index in [1.807, 2.05) is 4.90 Å². The zero-order valence-corrected chi connectivity index (χ0v) is 12.2. The third kappa shape index (κ3) is 3.69. The zero-order valence-electron chi connectivity index (χ0n) is 12.2. The molecule has 0 bridgehead atoms. The Morgan fingerprint density at radius 2 is 1.80 bits per heavy atom. The summed E-state index contributed by atoms with van der Waals surface area (Å²) in [6.45, 7) is 5.77. The minimum Gasteiger partial charge on any atom is -0.393 e. The fourth-order valence-electron chi connectivity index (χ4n) is 2.50. The summed E-state index contributed by atoms with van der Waals surface area (Å²) in [5.74, 6) is 1.38. The van der Waals surface area contributed by atoms with E-state index in [0.29, 0.717) is 17.9 Å². The zero-order chi connectivity index (χ0) is 14.5. The van der Waals surface area contributed by atoms with Gasteiger partial charge in [-0.2, -0.15) is 15.0 Å². The lowest BCUT2D eigenvalue weighted by Gasteiger charge is -2.26. The van der Waals surface area contributed by atoms with Crippen molar-refractivity contribution in [3.63, 3.8) is 0 Å². The number of aliphatic hydroxyl groups excluding tert-OH is 1. The number of aromatic nitrogens is 3. The number of rotatable bonds is 5. The van der Waals surface area contributed by atoms with Crippen LogP contribution < -0.4 is 16.0 Å². The highest BCUT2D eigenvalue weighted by molar-refractivity contribution is 5.42. The van der Waals surface area contributed by atoms with Gasteiger partial charge in [-0.3, -0.25) is 0 Å². The van der Waals surface area contributed by atoms with Gasteiger partial charge >= 0.3 is 0 Å². The molecule has 0 saturated heterocycles. The molecule has 1 aromatic rings. The normalized spacial score (nSPS) is 22.6. The standard InChI is InChI=1S/C13H24N6O/c1-3-19(4-2)13-17-11(14)16-12(18-13)15-9-5-7-10(20)8-6-9/h9-10,20H,3-8H2,1-2H3,(H3,14,15,16,17,18). The summed E-state index contributed by atoms with van der Waals surface area (Å²) in [6.07, 6.45) is 3.32. The van der Waals surface area contributed by atoms with Crippen molar-refractivity contribution in [2.45, 2.75) is 51.7 Å². The predicted octanol–water partition coefficient (Wildman–Crippen LogP) is 1.02. The maximum Gasteiger partial charge on any atom is 0.231 e. The Kier molecular flexibility index (Phi) is 4.94. The van der Waals surface area contributed by atoms with Crippen LogP contribution in [-0.2, 0) is 0 Å². The van der Waals surface area contributed by atoms with Gasteiger partial charge in [0.25, 0.3) is 0 Å². The van der Waals surface area contributed by atoms with Gasteiger partial charge in [-0.05, 0) is 39.5 Å². The molecule has 1 aliphatic carbocycles. The van der Waals surface area contributed by atoms with Crippen LogP contribution in [0.5, 0.6) is 0 Å². The Balaban J connectivity index is 2.07. The van der Waals surface area contributed by atoms with E-state index >= 15 is 0 Å². The monoisotopic (exact) mass is 280 g/mol. The van der Waals surface area contributed by atoms with Crippen molar-refractivity contribution >= 4 is 17.8 Å². The summed E-state index contributed by atoms with van der Waals surface area (Å²) >= 11 is 0. The average Bonchev–Trinajstić information content (AvgIpc) is 2.42. The number of anilines is 3. The minimum absolute atomic E-state index is 0.164. The smallest absolute Gasteiger partial charge is 0.231 e. The number of nitrogens with one attached hydrogen (secondary N) is 1. The molecule has 0 radical (unpaired) electrons. The van der Waals surface area contributed by atoms with Crippen LogP contribution in [0, 0.1) is 0 Å². The molecule has 7 nitrogen and oxygen atoms in total. The van der Waals surface area contributed by atoms with Gasteiger partial charge in [-0.1, -0.05) is 0 Å². The van der Waals surface area contributed by atoms with Crippen molar-refractivity contribution in [3.8, 4) is 0 Å². The van der Waals surface area contributed by atoms with E-state index in [9.17, 15) is 5.11 Å². The molecule has 0 unspecified atom stereocenters. The Morgan fingerprint density at radius 3 is 2.40 bits per heavy atom. The number of nitrogens with zero attached hydrogens (tertiary/aromatic N) is 4. The lowest BCUT2D eigenvalue weighted by Crippen LogP contribution is -2.30. The van der Waals surface area contributed by atoms with Crippen molar-refractivity contribution < 1.29 is 5.11 Å².